The highest BCUT2D eigenvalue weighted by Gasteiger charge is 2.47. The lowest BCUT2D eigenvalue weighted by Gasteiger charge is -2.25. The Balaban J connectivity index is 1.92. The van der Waals surface area contributed by atoms with Crippen LogP contribution < -0.4 is 5.73 Å². The van der Waals surface area contributed by atoms with Crippen molar-refractivity contribution in [3.8, 4) is 0 Å². The minimum atomic E-state index is -0.470. The summed E-state index contributed by atoms with van der Waals surface area (Å²) in [5.74, 6) is 0. The fraction of sp³-hybridized carbons (Fsp3) is 0.833. The van der Waals surface area contributed by atoms with E-state index in [1.807, 2.05) is 20.8 Å². The van der Waals surface area contributed by atoms with E-state index in [0.717, 1.165) is 12.1 Å². The number of ether oxygens (including phenoxy) is 1. The predicted octanol–water partition coefficient (Wildman–Crippen LogP) is 1.10. The zero-order valence-electron chi connectivity index (χ0n) is 11.2. The van der Waals surface area contributed by atoms with Gasteiger partial charge in [0.25, 0.3) is 0 Å². The second-order valence-electron chi connectivity index (χ2n) is 5.96. The minimum Gasteiger partial charge on any atom is -0.444 e. The monoisotopic (exact) mass is 255 g/mol. The number of rotatable bonds is 1. The van der Waals surface area contributed by atoms with Gasteiger partial charge in [0, 0.05) is 25.9 Å². The molecule has 2 rings (SSSR count). The summed E-state index contributed by atoms with van der Waals surface area (Å²) < 4.78 is 5.35. The van der Waals surface area contributed by atoms with Gasteiger partial charge in [-0.15, -0.1) is 0 Å². The van der Waals surface area contributed by atoms with Crippen LogP contribution >= 0.6 is 0 Å². The normalized spacial score (nSPS) is 27.3. The van der Waals surface area contributed by atoms with Gasteiger partial charge in [-0.25, -0.2) is 4.79 Å². The van der Waals surface area contributed by atoms with Gasteiger partial charge in [-0.05, 0) is 20.8 Å². The zero-order chi connectivity index (χ0) is 13.4. The number of amides is 1. The average molecular weight is 255 g/mol. The molecule has 1 unspecified atom stereocenters. The largest absolute Gasteiger partial charge is 0.444 e. The lowest BCUT2D eigenvalue weighted by Crippen LogP contribution is -2.39. The van der Waals surface area contributed by atoms with E-state index in [1.54, 1.807) is 4.90 Å². The van der Waals surface area contributed by atoms with Gasteiger partial charge in [-0.2, -0.15) is 0 Å². The predicted molar refractivity (Wildman–Crippen MR) is 67.3 cm³/mol. The lowest BCUT2D eigenvalue weighted by atomic mass is 9.97. The topological polar surface area (TPSA) is 77.2 Å². The summed E-state index contributed by atoms with van der Waals surface area (Å²) in [4.78, 5) is 19.1. The Labute approximate surface area is 107 Å². The molecule has 1 amide bonds. The molecule has 2 aliphatic rings. The Bertz CT molecular complexity index is 375. The summed E-state index contributed by atoms with van der Waals surface area (Å²) in [5.41, 5.74) is 5.57. The minimum absolute atomic E-state index is 0.288. The molecule has 1 spiro atoms. The van der Waals surface area contributed by atoms with Crippen molar-refractivity contribution in [2.24, 2.45) is 10.9 Å². The number of oxime groups is 1. The van der Waals surface area contributed by atoms with Gasteiger partial charge in [0.05, 0.1) is 12.3 Å². The number of hydrogen-bond acceptors (Lipinski definition) is 5. The van der Waals surface area contributed by atoms with Gasteiger partial charge in [0.2, 0.25) is 0 Å². The van der Waals surface area contributed by atoms with Crippen LogP contribution in [-0.4, -0.2) is 47.5 Å². The first kappa shape index (κ1) is 13.1. The van der Waals surface area contributed by atoms with Crippen molar-refractivity contribution in [1.29, 1.82) is 0 Å². The highest BCUT2D eigenvalue weighted by atomic mass is 16.7. The number of carbonyl (C=O) groups is 1. The van der Waals surface area contributed by atoms with Crippen molar-refractivity contribution < 1.29 is 14.4 Å². The van der Waals surface area contributed by atoms with Crippen LogP contribution in [-0.2, 0) is 9.57 Å². The summed E-state index contributed by atoms with van der Waals surface area (Å²) in [6.07, 6.45) is 1.20. The van der Waals surface area contributed by atoms with E-state index < -0.39 is 5.60 Å². The van der Waals surface area contributed by atoms with Crippen molar-refractivity contribution >= 4 is 11.8 Å². The summed E-state index contributed by atoms with van der Waals surface area (Å²) in [5, 5.41) is 3.97. The molecule has 1 atom stereocenters. The number of carbonyl (C=O) groups excluding carboxylic acids is 1. The molecule has 6 heteroatoms. The van der Waals surface area contributed by atoms with Crippen LogP contribution in [0.15, 0.2) is 5.16 Å². The smallest absolute Gasteiger partial charge is 0.410 e. The van der Waals surface area contributed by atoms with Crippen LogP contribution in [0.3, 0.4) is 0 Å². The van der Waals surface area contributed by atoms with Crippen LogP contribution in [0, 0.1) is 0 Å². The number of likely N-dealkylation sites (tertiary alicyclic amines) is 1. The lowest BCUT2D eigenvalue weighted by molar-refractivity contribution is -0.0159. The molecule has 2 heterocycles. The third kappa shape index (κ3) is 2.75. The van der Waals surface area contributed by atoms with Crippen molar-refractivity contribution in [3.05, 3.63) is 0 Å². The van der Waals surface area contributed by atoms with E-state index in [4.69, 9.17) is 15.3 Å². The van der Waals surface area contributed by atoms with Crippen molar-refractivity contribution in [2.45, 2.75) is 44.8 Å². The van der Waals surface area contributed by atoms with Gasteiger partial charge >= 0.3 is 6.09 Å². The van der Waals surface area contributed by atoms with Gasteiger partial charge in [0.15, 0.2) is 5.60 Å². The van der Waals surface area contributed by atoms with Crippen LogP contribution in [0.1, 0.15) is 33.6 Å². The molecule has 0 bridgehead atoms. The van der Waals surface area contributed by atoms with E-state index in [2.05, 4.69) is 5.16 Å². The molecule has 1 fully saturated rings. The molecule has 102 valence electrons. The van der Waals surface area contributed by atoms with E-state index in [0.29, 0.717) is 26.1 Å². The molecule has 0 aromatic heterocycles. The molecule has 0 saturated carbocycles. The molecule has 1 saturated heterocycles. The van der Waals surface area contributed by atoms with Crippen molar-refractivity contribution in [1.82, 2.24) is 4.90 Å². The standard InChI is InChI=1S/C12H21N3O3/c1-11(2,3)17-10(16)15-5-4-12(8-15)6-9(7-13)14-18-12/h4-8,13H2,1-3H3. The zero-order valence-corrected chi connectivity index (χ0v) is 11.2. The SMILES string of the molecule is CC(C)(C)OC(=O)N1CCC2(CC(CN)=NO2)C1. The van der Waals surface area contributed by atoms with Gasteiger partial charge < -0.3 is 20.2 Å². The maximum Gasteiger partial charge on any atom is 0.410 e. The Morgan fingerprint density at radius 3 is 2.89 bits per heavy atom. The Morgan fingerprint density at radius 1 is 1.61 bits per heavy atom. The fourth-order valence-corrected chi connectivity index (χ4v) is 2.25. The highest BCUT2D eigenvalue weighted by Crippen LogP contribution is 2.34. The summed E-state index contributed by atoms with van der Waals surface area (Å²) >= 11 is 0. The summed E-state index contributed by atoms with van der Waals surface area (Å²) in [6, 6.07) is 0. The van der Waals surface area contributed by atoms with Crippen LogP contribution in [0.25, 0.3) is 0 Å². The van der Waals surface area contributed by atoms with E-state index in [-0.39, 0.29) is 11.7 Å². The van der Waals surface area contributed by atoms with Crippen LogP contribution in [0.4, 0.5) is 4.79 Å². The first-order chi connectivity index (χ1) is 8.34. The average Bonchev–Trinajstić information content (AvgIpc) is 2.84. The molecule has 0 aromatic rings. The Kier molecular flexibility index (Phi) is 3.23. The molecule has 2 aliphatic heterocycles. The summed E-state index contributed by atoms with van der Waals surface area (Å²) in [7, 11) is 0. The molecule has 0 radical (unpaired) electrons. The maximum atomic E-state index is 11.9. The first-order valence-corrected chi connectivity index (χ1v) is 6.25. The maximum absolute atomic E-state index is 11.9. The molecule has 0 aliphatic carbocycles. The number of nitrogens with two attached hydrogens (primary N) is 1. The third-order valence-electron chi connectivity index (χ3n) is 3.10. The Hall–Kier alpha value is -1.30. The second-order valence-corrected chi connectivity index (χ2v) is 5.96. The van der Waals surface area contributed by atoms with Crippen LogP contribution in [0.5, 0.6) is 0 Å². The van der Waals surface area contributed by atoms with E-state index >= 15 is 0 Å². The quantitative estimate of drug-likeness (QED) is 0.761. The van der Waals surface area contributed by atoms with Gasteiger partial charge in [-0.3, -0.25) is 0 Å². The fourth-order valence-electron chi connectivity index (χ4n) is 2.25. The highest BCUT2D eigenvalue weighted by molar-refractivity contribution is 5.88. The molecular weight excluding hydrogens is 234 g/mol. The third-order valence-corrected chi connectivity index (χ3v) is 3.10. The second kappa shape index (κ2) is 4.42. The van der Waals surface area contributed by atoms with E-state index in [1.165, 1.54) is 0 Å². The molecular formula is C12H21N3O3. The molecule has 0 aromatic carbocycles. The molecule has 18 heavy (non-hydrogen) atoms. The Morgan fingerprint density at radius 2 is 2.33 bits per heavy atom. The van der Waals surface area contributed by atoms with E-state index in [9.17, 15) is 4.79 Å². The number of hydrogen-bond donors (Lipinski definition) is 1. The molecule has 6 nitrogen and oxygen atoms in total. The van der Waals surface area contributed by atoms with Gasteiger partial charge in [0.1, 0.15) is 5.60 Å². The van der Waals surface area contributed by atoms with Crippen molar-refractivity contribution in [3.63, 3.8) is 0 Å². The summed E-state index contributed by atoms with van der Waals surface area (Å²) in [6.45, 7) is 7.15. The number of nitrogens with zero attached hydrogens (tertiary/aromatic N) is 2. The first-order valence-electron chi connectivity index (χ1n) is 6.25. The van der Waals surface area contributed by atoms with Crippen molar-refractivity contribution in [2.75, 3.05) is 19.6 Å². The van der Waals surface area contributed by atoms with Crippen LogP contribution in [0.2, 0.25) is 0 Å². The molecule has 2 N–H and O–H groups in total. The van der Waals surface area contributed by atoms with Gasteiger partial charge in [-0.1, -0.05) is 5.16 Å².